The lowest BCUT2D eigenvalue weighted by molar-refractivity contribution is -0.142. The molecule has 2 rings (SSSR count). The van der Waals surface area contributed by atoms with Crippen LogP contribution in [0.4, 0.5) is 4.39 Å². The van der Waals surface area contributed by atoms with Crippen LogP contribution < -0.4 is 10.1 Å². The van der Waals surface area contributed by atoms with E-state index in [2.05, 4.69) is 5.32 Å². The summed E-state index contributed by atoms with van der Waals surface area (Å²) in [5.74, 6) is -0.669. The van der Waals surface area contributed by atoms with E-state index in [1.54, 1.807) is 43.3 Å². The van der Waals surface area contributed by atoms with E-state index in [0.29, 0.717) is 35.9 Å². The standard InChI is InChI=1S/C24H30ClFN2O4/c1-17(2)31-14-6-13-27-24(30)18(3)28(15-19-9-11-20(26)12-10-19)23(29)16-32-22-8-5-4-7-21(22)25/h4-5,7-12,17-18H,6,13-16H2,1-3H3,(H,27,30)/t18-/m1/s1. The Kier molecular flexibility index (Phi) is 10.4. The number of carbonyl (C=O) groups excluding carboxylic acids is 2. The monoisotopic (exact) mass is 464 g/mol. The molecule has 0 saturated carbocycles. The fourth-order valence-corrected chi connectivity index (χ4v) is 3.09. The first-order valence-electron chi connectivity index (χ1n) is 10.6. The Morgan fingerprint density at radius 2 is 1.78 bits per heavy atom. The highest BCUT2D eigenvalue weighted by Gasteiger charge is 2.26. The van der Waals surface area contributed by atoms with E-state index in [-0.39, 0.29) is 36.9 Å². The third-order valence-electron chi connectivity index (χ3n) is 4.69. The molecule has 0 saturated heterocycles. The quantitative estimate of drug-likeness (QED) is 0.478. The molecule has 32 heavy (non-hydrogen) atoms. The molecule has 0 aliphatic carbocycles. The molecule has 0 radical (unpaired) electrons. The molecule has 0 aromatic heterocycles. The molecule has 0 spiro atoms. The van der Waals surface area contributed by atoms with Crippen molar-refractivity contribution in [1.29, 1.82) is 0 Å². The minimum Gasteiger partial charge on any atom is -0.482 e. The van der Waals surface area contributed by atoms with E-state index < -0.39 is 6.04 Å². The second kappa shape index (κ2) is 13.0. The number of benzene rings is 2. The summed E-state index contributed by atoms with van der Waals surface area (Å²) in [6, 6.07) is 11.9. The van der Waals surface area contributed by atoms with Crippen molar-refractivity contribution >= 4 is 23.4 Å². The molecular weight excluding hydrogens is 435 g/mol. The van der Waals surface area contributed by atoms with E-state index in [9.17, 15) is 14.0 Å². The fourth-order valence-electron chi connectivity index (χ4n) is 2.90. The highest BCUT2D eigenvalue weighted by Crippen LogP contribution is 2.23. The van der Waals surface area contributed by atoms with E-state index in [0.717, 1.165) is 0 Å². The van der Waals surface area contributed by atoms with Crippen LogP contribution in [0.1, 0.15) is 32.8 Å². The van der Waals surface area contributed by atoms with Crippen molar-refractivity contribution in [3.05, 3.63) is 64.9 Å². The van der Waals surface area contributed by atoms with Gasteiger partial charge in [0, 0.05) is 19.7 Å². The summed E-state index contributed by atoms with van der Waals surface area (Å²) in [6.07, 6.45) is 0.796. The maximum atomic E-state index is 13.3. The van der Waals surface area contributed by atoms with Gasteiger partial charge in [-0.1, -0.05) is 35.9 Å². The lowest BCUT2D eigenvalue weighted by Gasteiger charge is -2.29. The predicted octanol–water partition coefficient (Wildman–Crippen LogP) is 4.21. The minimum absolute atomic E-state index is 0.131. The number of ether oxygens (including phenoxy) is 2. The van der Waals surface area contributed by atoms with E-state index in [1.165, 1.54) is 17.0 Å². The van der Waals surface area contributed by atoms with Gasteiger partial charge in [-0.05, 0) is 57.0 Å². The molecule has 1 atom stereocenters. The van der Waals surface area contributed by atoms with Crippen LogP contribution in [0.15, 0.2) is 48.5 Å². The number of nitrogens with zero attached hydrogens (tertiary/aromatic N) is 1. The third kappa shape index (κ3) is 8.48. The SMILES string of the molecule is CC(C)OCCCNC(=O)[C@@H](C)N(Cc1ccc(F)cc1)C(=O)COc1ccccc1Cl. The Labute approximate surface area is 193 Å². The average Bonchev–Trinajstić information content (AvgIpc) is 2.77. The maximum absolute atomic E-state index is 13.3. The Balaban J connectivity index is 2.03. The maximum Gasteiger partial charge on any atom is 0.261 e. The van der Waals surface area contributed by atoms with Crippen molar-refractivity contribution in [2.45, 2.75) is 45.9 Å². The molecule has 174 valence electrons. The molecule has 0 heterocycles. The van der Waals surface area contributed by atoms with E-state index in [4.69, 9.17) is 21.1 Å². The molecule has 0 aliphatic heterocycles. The molecule has 0 aliphatic rings. The van der Waals surface area contributed by atoms with Crippen LogP contribution >= 0.6 is 11.6 Å². The second-order valence-electron chi connectivity index (χ2n) is 7.61. The first kappa shape index (κ1) is 25.6. The number of halogens is 2. The van der Waals surface area contributed by atoms with Crippen LogP contribution in [0, 0.1) is 5.82 Å². The van der Waals surface area contributed by atoms with Gasteiger partial charge in [-0.2, -0.15) is 0 Å². The number of amides is 2. The molecule has 0 fully saturated rings. The molecule has 2 aromatic carbocycles. The van der Waals surface area contributed by atoms with Crippen molar-refractivity contribution in [2.24, 2.45) is 0 Å². The zero-order chi connectivity index (χ0) is 23.5. The van der Waals surface area contributed by atoms with Gasteiger partial charge in [0.15, 0.2) is 6.61 Å². The zero-order valence-electron chi connectivity index (χ0n) is 18.6. The minimum atomic E-state index is -0.756. The first-order valence-corrected chi connectivity index (χ1v) is 11.0. The number of carbonyl (C=O) groups is 2. The summed E-state index contributed by atoms with van der Waals surface area (Å²) < 4.78 is 24.3. The lowest BCUT2D eigenvalue weighted by Crippen LogP contribution is -2.49. The van der Waals surface area contributed by atoms with Gasteiger partial charge in [0.1, 0.15) is 17.6 Å². The van der Waals surface area contributed by atoms with E-state index >= 15 is 0 Å². The van der Waals surface area contributed by atoms with Crippen LogP contribution in [-0.4, -0.2) is 48.6 Å². The first-order chi connectivity index (χ1) is 15.3. The van der Waals surface area contributed by atoms with Gasteiger partial charge < -0.3 is 19.7 Å². The van der Waals surface area contributed by atoms with Gasteiger partial charge in [-0.25, -0.2) is 4.39 Å². The molecule has 0 unspecified atom stereocenters. The second-order valence-corrected chi connectivity index (χ2v) is 8.01. The number of hydrogen-bond donors (Lipinski definition) is 1. The molecule has 2 aromatic rings. The van der Waals surface area contributed by atoms with Gasteiger partial charge in [0.2, 0.25) is 5.91 Å². The van der Waals surface area contributed by atoms with Crippen LogP contribution in [-0.2, 0) is 20.9 Å². The molecular formula is C24H30ClFN2O4. The van der Waals surface area contributed by atoms with Crippen LogP contribution in [0.3, 0.4) is 0 Å². The van der Waals surface area contributed by atoms with Crippen molar-refractivity contribution in [3.63, 3.8) is 0 Å². The van der Waals surface area contributed by atoms with E-state index in [1.807, 2.05) is 13.8 Å². The van der Waals surface area contributed by atoms with Crippen molar-refractivity contribution in [3.8, 4) is 5.75 Å². The molecule has 6 nitrogen and oxygen atoms in total. The molecule has 0 bridgehead atoms. The molecule has 2 amide bonds. The van der Waals surface area contributed by atoms with Crippen LogP contribution in [0.5, 0.6) is 5.75 Å². The summed E-state index contributed by atoms with van der Waals surface area (Å²) in [6.45, 7) is 6.37. The van der Waals surface area contributed by atoms with Gasteiger partial charge in [-0.15, -0.1) is 0 Å². The smallest absolute Gasteiger partial charge is 0.261 e. The summed E-state index contributed by atoms with van der Waals surface area (Å²) in [4.78, 5) is 27.1. The van der Waals surface area contributed by atoms with Gasteiger partial charge in [0.05, 0.1) is 11.1 Å². The van der Waals surface area contributed by atoms with Crippen LogP contribution in [0.2, 0.25) is 5.02 Å². The number of nitrogens with one attached hydrogen (secondary N) is 1. The Hall–Kier alpha value is -2.64. The average molecular weight is 465 g/mol. The van der Waals surface area contributed by atoms with Gasteiger partial charge >= 0.3 is 0 Å². The summed E-state index contributed by atoms with van der Waals surface area (Å²) in [7, 11) is 0. The lowest BCUT2D eigenvalue weighted by atomic mass is 10.1. The number of hydrogen-bond acceptors (Lipinski definition) is 4. The summed E-state index contributed by atoms with van der Waals surface area (Å²) in [5.41, 5.74) is 0.697. The highest BCUT2D eigenvalue weighted by atomic mass is 35.5. The Morgan fingerprint density at radius 1 is 1.09 bits per heavy atom. The topological polar surface area (TPSA) is 67.9 Å². The van der Waals surface area contributed by atoms with Crippen LogP contribution in [0.25, 0.3) is 0 Å². The van der Waals surface area contributed by atoms with Gasteiger partial charge in [-0.3, -0.25) is 9.59 Å². The molecule has 8 heteroatoms. The predicted molar refractivity (Wildman–Crippen MR) is 122 cm³/mol. The number of rotatable bonds is 12. The zero-order valence-corrected chi connectivity index (χ0v) is 19.4. The fraction of sp³-hybridized carbons (Fsp3) is 0.417. The Morgan fingerprint density at radius 3 is 2.44 bits per heavy atom. The van der Waals surface area contributed by atoms with Crippen molar-refractivity contribution in [1.82, 2.24) is 10.2 Å². The normalized spacial score (nSPS) is 11.8. The molecule has 1 N–H and O–H groups in total. The third-order valence-corrected chi connectivity index (χ3v) is 5.01. The summed E-state index contributed by atoms with van der Waals surface area (Å²) >= 11 is 6.09. The highest BCUT2D eigenvalue weighted by molar-refractivity contribution is 6.32. The van der Waals surface area contributed by atoms with Gasteiger partial charge in [0.25, 0.3) is 5.91 Å². The number of para-hydroxylation sites is 1. The summed E-state index contributed by atoms with van der Waals surface area (Å²) in [5, 5.41) is 3.22. The van der Waals surface area contributed by atoms with Crippen molar-refractivity contribution < 1.29 is 23.5 Å². The largest absolute Gasteiger partial charge is 0.482 e. The Bertz CT molecular complexity index is 877. The van der Waals surface area contributed by atoms with Crippen molar-refractivity contribution in [2.75, 3.05) is 19.8 Å².